The van der Waals surface area contributed by atoms with Crippen molar-refractivity contribution in [3.05, 3.63) is 69.8 Å². The lowest BCUT2D eigenvalue weighted by Gasteiger charge is -2.25. The van der Waals surface area contributed by atoms with Crippen molar-refractivity contribution in [3.63, 3.8) is 0 Å². The van der Waals surface area contributed by atoms with Crippen molar-refractivity contribution in [2.45, 2.75) is 6.61 Å². The van der Waals surface area contributed by atoms with Crippen molar-refractivity contribution in [3.8, 4) is 5.75 Å². The zero-order valence-electron chi connectivity index (χ0n) is 15.8. The second-order valence-electron chi connectivity index (χ2n) is 6.47. The number of carbonyl (C=O) groups excluding carboxylic acids is 1. The van der Waals surface area contributed by atoms with Crippen molar-refractivity contribution in [2.75, 3.05) is 32.8 Å². The topological polar surface area (TPSA) is 106 Å². The van der Waals surface area contributed by atoms with Crippen LogP contribution in [0.4, 0.5) is 5.69 Å². The largest absolute Gasteiger partial charge is 0.489 e. The molecule has 2 aromatic rings. The Labute approximate surface area is 168 Å². The van der Waals surface area contributed by atoms with Gasteiger partial charge in [0.15, 0.2) is 0 Å². The summed E-state index contributed by atoms with van der Waals surface area (Å²) in [5.74, 6) is 0.459. The second-order valence-corrected chi connectivity index (χ2v) is 6.47. The molecule has 1 aliphatic heterocycles. The molecule has 1 saturated heterocycles. The number of nitrogens with zero attached hydrogens (tertiary/aromatic N) is 3. The molecule has 3 rings (SSSR count). The fourth-order valence-corrected chi connectivity index (χ4v) is 2.74. The molecule has 0 saturated carbocycles. The number of benzene rings is 2. The Morgan fingerprint density at radius 3 is 2.72 bits per heavy atom. The number of rotatable bonds is 8. The molecule has 152 valence electrons. The molecule has 29 heavy (non-hydrogen) atoms. The summed E-state index contributed by atoms with van der Waals surface area (Å²) in [6.07, 6.45) is 1.55. The number of ether oxygens (including phenoxy) is 2. The standard InChI is InChI=1S/C20H22N4O5/c25-20(14-23-8-10-28-11-9-23)22-21-13-17-2-1-3-19(12-17)29-15-16-4-6-18(7-5-16)24(26)27/h1-7,12-13H,8-11,14-15H2,(H,22,25)/b21-13-. The van der Waals surface area contributed by atoms with Crippen LogP contribution in [0, 0.1) is 10.1 Å². The highest BCUT2D eigenvalue weighted by atomic mass is 16.6. The molecule has 0 spiro atoms. The van der Waals surface area contributed by atoms with Crippen molar-refractivity contribution in [1.29, 1.82) is 0 Å². The highest BCUT2D eigenvalue weighted by molar-refractivity contribution is 5.83. The van der Waals surface area contributed by atoms with E-state index in [0.717, 1.165) is 24.2 Å². The van der Waals surface area contributed by atoms with Crippen molar-refractivity contribution >= 4 is 17.8 Å². The van der Waals surface area contributed by atoms with Gasteiger partial charge < -0.3 is 9.47 Å². The van der Waals surface area contributed by atoms with E-state index in [1.165, 1.54) is 12.1 Å². The third-order valence-electron chi connectivity index (χ3n) is 4.28. The number of morpholine rings is 1. The van der Waals surface area contributed by atoms with Crippen LogP contribution in [-0.4, -0.2) is 54.8 Å². The molecule has 1 N–H and O–H groups in total. The van der Waals surface area contributed by atoms with E-state index in [9.17, 15) is 14.9 Å². The first-order valence-electron chi connectivity index (χ1n) is 9.18. The summed E-state index contributed by atoms with van der Waals surface area (Å²) in [5, 5.41) is 14.7. The molecule has 1 heterocycles. The fourth-order valence-electron chi connectivity index (χ4n) is 2.74. The molecule has 0 aromatic heterocycles. The van der Waals surface area contributed by atoms with Crippen LogP contribution >= 0.6 is 0 Å². The Morgan fingerprint density at radius 1 is 1.24 bits per heavy atom. The van der Waals surface area contributed by atoms with Gasteiger partial charge in [-0.05, 0) is 35.4 Å². The van der Waals surface area contributed by atoms with Gasteiger partial charge in [0, 0.05) is 25.2 Å². The molecule has 9 heteroatoms. The van der Waals surface area contributed by atoms with Gasteiger partial charge in [0.05, 0.1) is 30.9 Å². The van der Waals surface area contributed by atoms with Gasteiger partial charge in [0.1, 0.15) is 12.4 Å². The van der Waals surface area contributed by atoms with Gasteiger partial charge in [-0.3, -0.25) is 19.8 Å². The normalized spacial score (nSPS) is 14.6. The Bertz CT molecular complexity index is 863. The molecule has 0 unspecified atom stereocenters. The van der Waals surface area contributed by atoms with Gasteiger partial charge in [0.2, 0.25) is 0 Å². The molecule has 0 atom stereocenters. The summed E-state index contributed by atoms with van der Waals surface area (Å²) >= 11 is 0. The minimum Gasteiger partial charge on any atom is -0.489 e. The van der Waals surface area contributed by atoms with E-state index in [-0.39, 0.29) is 18.2 Å². The Kier molecular flexibility index (Phi) is 7.26. The average Bonchev–Trinajstić information content (AvgIpc) is 2.73. The van der Waals surface area contributed by atoms with E-state index in [0.29, 0.717) is 25.5 Å². The molecular weight excluding hydrogens is 376 g/mol. The molecule has 9 nitrogen and oxygen atoms in total. The van der Waals surface area contributed by atoms with E-state index in [4.69, 9.17) is 9.47 Å². The highest BCUT2D eigenvalue weighted by Crippen LogP contribution is 2.16. The first kappa shape index (κ1) is 20.4. The third kappa shape index (κ3) is 6.66. The monoisotopic (exact) mass is 398 g/mol. The van der Waals surface area contributed by atoms with Crippen LogP contribution in [0.25, 0.3) is 0 Å². The van der Waals surface area contributed by atoms with E-state index in [1.54, 1.807) is 30.5 Å². The number of hydrazone groups is 1. The van der Waals surface area contributed by atoms with Gasteiger partial charge in [-0.15, -0.1) is 0 Å². The Hall–Kier alpha value is -3.30. The van der Waals surface area contributed by atoms with E-state index < -0.39 is 4.92 Å². The van der Waals surface area contributed by atoms with Gasteiger partial charge in [-0.1, -0.05) is 12.1 Å². The number of hydrogen-bond acceptors (Lipinski definition) is 7. The quantitative estimate of drug-likeness (QED) is 0.414. The maximum Gasteiger partial charge on any atom is 0.269 e. The molecule has 1 aliphatic rings. The lowest BCUT2D eigenvalue weighted by molar-refractivity contribution is -0.384. The van der Waals surface area contributed by atoms with E-state index in [2.05, 4.69) is 10.5 Å². The first-order valence-corrected chi connectivity index (χ1v) is 9.18. The van der Waals surface area contributed by atoms with Crippen LogP contribution in [0.3, 0.4) is 0 Å². The van der Waals surface area contributed by atoms with E-state index in [1.807, 2.05) is 17.0 Å². The highest BCUT2D eigenvalue weighted by Gasteiger charge is 2.13. The Balaban J connectivity index is 1.47. The third-order valence-corrected chi connectivity index (χ3v) is 4.28. The molecule has 0 aliphatic carbocycles. The number of non-ortho nitro benzene ring substituents is 1. The van der Waals surface area contributed by atoms with Gasteiger partial charge >= 0.3 is 0 Å². The number of hydrogen-bond donors (Lipinski definition) is 1. The minimum absolute atomic E-state index is 0.0441. The van der Waals surface area contributed by atoms with E-state index >= 15 is 0 Å². The molecule has 1 amide bonds. The predicted molar refractivity (Wildman–Crippen MR) is 107 cm³/mol. The number of nitro benzene ring substituents is 1. The van der Waals surface area contributed by atoms with Gasteiger partial charge in [0.25, 0.3) is 11.6 Å². The molecule has 0 bridgehead atoms. The van der Waals surface area contributed by atoms with Crippen LogP contribution in [0.2, 0.25) is 0 Å². The zero-order chi connectivity index (χ0) is 20.5. The SMILES string of the molecule is O=C(CN1CCOCC1)N/N=C\c1cccc(OCc2ccc([N+](=O)[O-])cc2)c1. The zero-order valence-corrected chi connectivity index (χ0v) is 15.8. The summed E-state index contributed by atoms with van der Waals surface area (Å²) in [7, 11) is 0. The van der Waals surface area contributed by atoms with Gasteiger partial charge in [-0.2, -0.15) is 5.10 Å². The van der Waals surface area contributed by atoms with Crippen molar-refractivity contribution in [2.24, 2.45) is 5.10 Å². The molecular formula is C20H22N4O5. The molecule has 2 aromatic carbocycles. The number of nitro groups is 1. The second kappa shape index (κ2) is 10.3. The number of amides is 1. The first-order chi connectivity index (χ1) is 14.1. The molecule has 0 radical (unpaired) electrons. The fraction of sp³-hybridized carbons (Fsp3) is 0.300. The summed E-state index contributed by atoms with van der Waals surface area (Å²) in [6, 6.07) is 13.5. The molecule has 1 fully saturated rings. The number of carbonyl (C=O) groups is 1. The maximum atomic E-state index is 11.9. The summed E-state index contributed by atoms with van der Waals surface area (Å²) < 4.78 is 11.0. The van der Waals surface area contributed by atoms with Crippen LogP contribution in [-0.2, 0) is 16.1 Å². The average molecular weight is 398 g/mol. The Morgan fingerprint density at radius 2 is 2.00 bits per heavy atom. The summed E-state index contributed by atoms with van der Waals surface area (Å²) in [4.78, 5) is 24.2. The van der Waals surface area contributed by atoms with Crippen LogP contribution in [0.5, 0.6) is 5.75 Å². The van der Waals surface area contributed by atoms with Crippen LogP contribution < -0.4 is 10.2 Å². The minimum atomic E-state index is -0.437. The van der Waals surface area contributed by atoms with Gasteiger partial charge in [-0.25, -0.2) is 5.43 Å². The van der Waals surface area contributed by atoms with Crippen LogP contribution in [0.15, 0.2) is 53.6 Å². The predicted octanol–water partition coefficient (Wildman–Crippen LogP) is 1.96. The lowest BCUT2D eigenvalue weighted by Crippen LogP contribution is -2.42. The summed E-state index contributed by atoms with van der Waals surface area (Å²) in [6.45, 7) is 3.34. The lowest BCUT2D eigenvalue weighted by atomic mass is 10.2. The number of nitrogens with one attached hydrogen (secondary N) is 1. The van der Waals surface area contributed by atoms with Crippen molar-refractivity contribution < 1.29 is 19.2 Å². The van der Waals surface area contributed by atoms with Crippen LogP contribution in [0.1, 0.15) is 11.1 Å². The maximum absolute atomic E-state index is 11.9. The van der Waals surface area contributed by atoms with Crippen molar-refractivity contribution in [1.82, 2.24) is 10.3 Å². The summed E-state index contributed by atoms with van der Waals surface area (Å²) in [5.41, 5.74) is 4.17. The smallest absolute Gasteiger partial charge is 0.269 e.